The lowest BCUT2D eigenvalue weighted by atomic mass is 10.1. The van der Waals surface area contributed by atoms with E-state index in [9.17, 15) is 9.90 Å². The third-order valence-corrected chi connectivity index (χ3v) is 4.29. The molecule has 1 N–H and O–H groups in total. The van der Waals surface area contributed by atoms with Gasteiger partial charge >= 0.3 is 0 Å². The van der Waals surface area contributed by atoms with Crippen LogP contribution in [0, 0.1) is 5.92 Å². The molecule has 5 nitrogen and oxygen atoms in total. The molecule has 1 fully saturated rings. The molecule has 1 aliphatic rings. The van der Waals surface area contributed by atoms with Crippen molar-refractivity contribution in [2.45, 2.75) is 0 Å². The molecule has 1 saturated heterocycles. The molecule has 0 radical (unpaired) electrons. The Morgan fingerprint density at radius 3 is 2.78 bits per heavy atom. The van der Waals surface area contributed by atoms with Crippen molar-refractivity contribution in [2.24, 2.45) is 13.0 Å². The zero-order valence-corrected chi connectivity index (χ0v) is 13.3. The van der Waals surface area contributed by atoms with Crippen molar-refractivity contribution in [1.29, 1.82) is 0 Å². The van der Waals surface area contributed by atoms with E-state index in [2.05, 4.69) is 0 Å². The van der Waals surface area contributed by atoms with Gasteiger partial charge < -0.3 is 19.3 Å². The van der Waals surface area contributed by atoms with Gasteiger partial charge in [0.05, 0.1) is 13.2 Å². The second-order valence-electron chi connectivity index (χ2n) is 5.90. The van der Waals surface area contributed by atoms with E-state index in [0.717, 1.165) is 11.3 Å². The first kappa shape index (κ1) is 15.8. The third-order valence-electron chi connectivity index (χ3n) is 4.29. The highest BCUT2D eigenvalue weighted by Gasteiger charge is 2.25. The minimum Gasteiger partial charge on any atom is -0.396 e. The quantitative estimate of drug-likeness (QED) is 0.939. The molecule has 1 amide bonds. The van der Waals surface area contributed by atoms with E-state index < -0.39 is 0 Å². The maximum Gasteiger partial charge on any atom is 0.270 e. The number of amides is 1. The zero-order chi connectivity index (χ0) is 16.2. The maximum absolute atomic E-state index is 12.8. The monoisotopic (exact) mass is 314 g/mol. The van der Waals surface area contributed by atoms with Crippen molar-refractivity contribution < 1.29 is 14.6 Å². The Bertz CT molecular complexity index is 666. The van der Waals surface area contributed by atoms with Crippen molar-refractivity contribution in [3.05, 3.63) is 48.2 Å². The molecule has 23 heavy (non-hydrogen) atoms. The van der Waals surface area contributed by atoms with Crippen LogP contribution in [-0.2, 0) is 11.8 Å². The molecule has 122 valence electrons. The molecule has 0 spiro atoms. The molecule has 1 aliphatic heterocycles. The van der Waals surface area contributed by atoms with Crippen molar-refractivity contribution in [3.8, 4) is 11.3 Å². The average Bonchev–Trinajstić information content (AvgIpc) is 2.82. The predicted molar refractivity (Wildman–Crippen MR) is 88.1 cm³/mol. The number of rotatable bonds is 3. The molecule has 1 atom stereocenters. The third kappa shape index (κ3) is 3.30. The van der Waals surface area contributed by atoms with Gasteiger partial charge in [-0.05, 0) is 17.7 Å². The van der Waals surface area contributed by atoms with Crippen LogP contribution in [0.25, 0.3) is 11.3 Å². The highest BCUT2D eigenvalue weighted by Crippen LogP contribution is 2.22. The van der Waals surface area contributed by atoms with Gasteiger partial charge in [-0.25, -0.2) is 0 Å². The van der Waals surface area contributed by atoms with Crippen molar-refractivity contribution in [3.63, 3.8) is 0 Å². The van der Waals surface area contributed by atoms with E-state index in [1.54, 1.807) is 4.90 Å². The lowest BCUT2D eigenvalue weighted by Gasteiger charge is -2.23. The van der Waals surface area contributed by atoms with Crippen molar-refractivity contribution in [2.75, 3.05) is 32.9 Å². The number of hydrogen-bond donors (Lipinski definition) is 1. The summed E-state index contributed by atoms with van der Waals surface area (Å²) in [4.78, 5) is 14.6. The van der Waals surface area contributed by atoms with Gasteiger partial charge in [0.15, 0.2) is 0 Å². The molecule has 0 aliphatic carbocycles. The van der Waals surface area contributed by atoms with E-state index in [1.807, 2.05) is 54.1 Å². The first-order valence-corrected chi connectivity index (χ1v) is 7.89. The van der Waals surface area contributed by atoms with Crippen LogP contribution in [0.3, 0.4) is 0 Å². The average molecular weight is 314 g/mol. The fourth-order valence-electron chi connectivity index (χ4n) is 2.96. The Morgan fingerprint density at radius 2 is 2.04 bits per heavy atom. The molecule has 2 aromatic rings. The smallest absolute Gasteiger partial charge is 0.270 e. The maximum atomic E-state index is 12.8. The van der Waals surface area contributed by atoms with E-state index in [-0.39, 0.29) is 18.4 Å². The SMILES string of the molecule is Cn1c(C(=O)N2CCOC[C@@H](CO)C2)ccc1-c1ccccc1. The fraction of sp³-hybridized carbons (Fsp3) is 0.389. The molecule has 0 bridgehead atoms. The molecular weight excluding hydrogens is 292 g/mol. The molecule has 1 aromatic heterocycles. The summed E-state index contributed by atoms with van der Waals surface area (Å²) in [6.45, 7) is 2.13. The van der Waals surface area contributed by atoms with Gasteiger partial charge in [0, 0.05) is 38.4 Å². The van der Waals surface area contributed by atoms with Crippen LogP contribution in [-0.4, -0.2) is 53.4 Å². The summed E-state index contributed by atoms with van der Waals surface area (Å²) in [5.74, 6) is -0.0334. The number of carbonyl (C=O) groups is 1. The summed E-state index contributed by atoms with van der Waals surface area (Å²) in [5, 5.41) is 9.37. The van der Waals surface area contributed by atoms with Gasteiger partial charge in [-0.3, -0.25) is 4.79 Å². The minimum absolute atomic E-state index is 0.0152. The highest BCUT2D eigenvalue weighted by molar-refractivity contribution is 5.94. The number of hydrogen-bond acceptors (Lipinski definition) is 3. The second kappa shape index (κ2) is 6.98. The van der Waals surface area contributed by atoms with E-state index >= 15 is 0 Å². The zero-order valence-electron chi connectivity index (χ0n) is 13.3. The lowest BCUT2D eigenvalue weighted by molar-refractivity contribution is 0.0719. The molecule has 2 heterocycles. The van der Waals surface area contributed by atoms with Crippen LogP contribution in [0.2, 0.25) is 0 Å². The number of benzene rings is 1. The number of aliphatic hydroxyl groups is 1. The summed E-state index contributed by atoms with van der Waals surface area (Å²) in [6, 6.07) is 13.9. The predicted octanol–water partition coefficient (Wildman–Crippen LogP) is 1.77. The summed E-state index contributed by atoms with van der Waals surface area (Å²) in [5.41, 5.74) is 2.75. The summed E-state index contributed by atoms with van der Waals surface area (Å²) >= 11 is 0. The summed E-state index contributed by atoms with van der Waals surface area (Å²) in [7, 11) is 1.91. The fourth-order valence-corrected chi connectivity index (χ4v) is 2.96. The number of aromatic nitrogens is 1. The van der Waals surface area contributed by atoms with Crippen LogP contribution in [0.1, 0.15) is 10.5 Å². The lowest BCUT2D eigenvalue weighted by Crippen LogP contribution is -2.37. The molecule has 5 heteroatoms. The second-order valence-corrected chi connectivity index (χ2v) is 5.90. The Morgan fingerprint density at radius 1 is 1.26 bits per heavy atom. The molecule has 0 unspecified atom stereocenters. The highest BCUT2D eigenvalue weighted by atomic mass is 16.5. The van der Waals surface area contributed by atoms with Crippen LogP contribution in [0.15, 0.2) is 42.5 Å². The van der Waals surface area contributed by atoms with Gasteiger partial charge in [-0.2, -0.15) is 0 Å². The van der Waals surface area contributed by atoms with Crippen LogP contribution < -0.4 is 0 Å². The Balaban J connectivity index is 1.84. The van der Waals surface area contributed by atoms with Gasteiger partial charge in [-0.15, -0.1) is 0 Å². The molecule has 1 aromatic carbocycles. The Kier molecular flexibility index (Phi) is 4.79. The molecular formula is C18H22N2O3. The van der Waals surface area contributed by atoms with Gasteiger partial charge in [0.2, 0.25) is 0 Å². The Labute approximate surface area is 136 Å². The van der Waals surface area contributed by atoms with Crippen LogP contribution in [0.4, 0.5) is 0 Å². The van der Waals surface area contributed by atoms with Crippen LogP contribution in [0.5, 0.6) is 0 Å². The molecule has 0 saturated carbocycles. The van der Waals surface area contributed by atoms with Crippen molar-refractivity contribution >= 4 is 5.91 Å². The first-order chi connectivity index (χ1) is 11.2. The Hall–Kier alpha value is -2.11. The number of carbonyl (C=O) groups excluding carboxylic acids is 1. The largest absolute Gasteiger partial charge is 0.396 e. The number of ether oxygens (including phenoxy) is 1. The minimum atomic E-state index is -0.0182. The first-order valence-electron chi connectivity index (χ1n) is 7.89. The van der Waals surface area contributed by atoms with E-state index in [1.165, 1.54) is 0 Å². The van der Waals surface area contributed by atoms with E-state index in [4.69, 9.17) is 4.74 Å². The van der Waals surface area contributed by atoms with Gasteiger partial charge in [-0.1, -0.05) is 30.3 Å². The van der Waals surface area contributed by atoms with Crippen molar-refractivity contribution in [1.82, 2.24) is 9.47 Å². The number of aliphatic hydroxyl groups excluding tert-OH is 1. The molecule has 3 rings (SSSR count). The summed E-state index contributed by atoms with van der Waals surface area (Å²) < 4.78 is 7.39. The van der Waals surface area contributed by atoms with Gasteiger partial charge in [0.25, 0.3) is 5.91 Å². The summed E-state index contributed by atoms with van der Waals surface area (Å²) in [6.07, 6.45) is 0. The van der Waals surface area contributed by atoms with Crippen LogP contribution >= 0.6 is 0 Å². The topological polar surface area (TPSA) is 54.7 Å². The normalized spacial score (nSPS) is 18.7. The number of nitrogens with zero attached hydrogens (tertiary/aromatic N) is 2. The van der Waals surface area contributed by atoms with E-state index in [0.29, 0.717) is 32.0 Å². The standard InChI is InChI=1S/C18H22N2O3/c1-19-16(15-5-3-2-4-6-15)7-8-17(19)18(22)20-9-10-23-13-14(11-20)12-21/h2-8,14,21H,9-13H2,1H3/t14-/m1/s1. The van der Waals surface area contributed by atoms with Gasteiger partial charge in [0.1, 0.15) is 5.69 Å².